The van der Waals surface area contributed by atoms with E-state index < -0.39 is 0 Å². The van der Waals surface area contributed by atoms with Gasteiger partial charge in [0.2, 0.25) is 0 Å². The molecule has 0 aliphatic heterocycles. The number of anilines is 1. The van der Waals surface area contributed by atoms with Crippen LogP contribution in [0, 0.1) is 6.92 Å². The van der Waals surface area contributed by atoms with Gasteiger partial charge in [-0.2, -0.15) is 0 Å². The maximum absolute atomic E-state index is 6.03. The smallest absolute Gasteiger partial charge is 0.0531 e. The second-order valence-electron chi connectivity index (χ2n) is 5.32. The van der Waals surface area contributed by atoms with E-state index in [1.54, 1.807) is 0 Å². The number of rotatable bonds is 3. The molecule has 0 saturated heterocycles. The Morgan fingerprint density at radius 1 is 1.21 bits per heavy atom. The molecule has 1 aliphatic rings. The summed E-state index contributed by atoms with van der Waals surface area (Å²) < 4.78 is 0. The number of aromatic nitrogens is 1. The molecule has 2 nitrogen and oxygen atoms in total. The Labute approximate surface area is 118 Å². The van der Waals surface area contributed by atoms with Gasteiger partial charge >= 0.3 is 0 Å². The van der Waals surface area contributed by atoms with Crippen molar-refractivity contribution in [2.45, 2.75) is 31.7 Å². The van der Waals surface area contributed by atoms with Crippen LogP contribution in [0.15, 0.2) is 42.7 Å². The molecule has 1 N–H and O–H groups in total. The van der Waals surface area contributed by atoms with Crippen molar-refractivity contribution in [1.29, 1.82) is 0 Å². The molecule has 3 rings (SSSR count). The molecule has 1 aromatic heterocycles. The SMILES string of the molecule is Cc1cncc(NC2CC(c3cccc(Cl)c3)C2)c1. The molecule has 0 radical (unpaired) electrons. The molecule has 98 valence electrons. The average Bonchev–Trinajstić information content (AvgIpc) is 2.33. The Morgan fingerprint density at radius 2 is 2.05 bits per heavy atom. The number of halogens is 1. The predicted molar refractivity (Wildman–Crippen MR) is 79.8 cm³/mol. The molecule has 3 heteroatoms. The standard InChI is InChI=1S/C16H17ClN2/c1-11-5-16(10-18-9-11)19-15-7-13(8-15)12-3-2-4-14(17)6-12/h2-6,9-10,13,15,19H,7-8H2,1H3. The van der Waals surface area contributed by atoms with E-state index in [1.807, 2.05) is 24.5 Å². The van der Waals surface area contributed by atoms with E-state index in [1.165, 1.54) is 11.1 Å². The molecule has 0 amide bonds. The van der Waals surface area contributed by atoms with Gasteiger partial charge in [-0.05, 0) is 55.0 Å². The van der Waals surface area contributed by atoms with Crippen LogP contribution in [0.4, 0.5) is 5.69 Å². The Kier molecular flexibility index (Phi) is 3.43. The molecular formula is C16H17ClN2. The van der Waals surface area contributed by atoms with Crippen molar-refractivity contribution in [1.82, 2.24) is 4.98 Å². The van der Waals surface area contributed by atoms with E-state index in [9.17, 15) is 0 Å². The lowest BCUT2D eigenvalue weighted by atomic mass is 9.76. The van der Waals surface area contributed by atoms with Crippen molar-refractivity contribution in [3.8, 4) is 0 Å². The minimum Gasteiger partial charge on any atom is -0.381 e. The summed E-state index contributed by atoms with van der Waals surface area (Å²) in [6.45, 7) is 2.06. The van der Waals surface area contributed by atoms with Gasteiger partial charge in [0.25, 0.3) is 0 Å². The van der Waals surface area contributed by atoms with E-state index in [0.717, 1.165) is 23.6 Å². The first kappa shape index (κ1) is 12.5. The van der Waals surface area contributed by atoms with Gasteiger partial charge in [0, 0.05) is 23.5 Å². The van der Waals surface area contributed by atoms with Crippen LogP contribution in [0.3, 0.4) is 0 Å². The third-order valence-electron chi connectivity index (χ3n) is 3.70. The Bertz CT molecular complexity index is 576. The van der Waals surface area contributed by atoms with Gasteiger partial charge in [-0.15, -0.1) is 0 Å². The number of nitrogens with zero attached hydrogens (tertiary/aromatic N) is 1. The van der Waals surface area contributed by atoms with Crippen LogP contribution < -0.4 is 5.32 Å². The number of nitrogens with one attached hydrogen (secondary N) is 1. The second kappa shape index (κ2) is 5.22. The molecule has 2 aromatic rings. The quantitative estimate of drug-likeness (QED) is 0.896. The number of pyridine rings is 1. The lowest BCUT2D eigenvalue weighted by molar-refractivity contribution is 0.374. The van der Waals surface area contributed by atoms with Crippen LogP contribution in [-0.4, -0.2) is 11.0 Å². The zero-order chi connectivity index (χ0) is 13.2. The van der Waals surface area contributed by atoms with Crippen LogP contribution in [0.1, 0.15) is 29.9 Å². The molecule has 1 aromatic carbocycles. The highest BCUT2D eigenvalue weighted by molar-refractivity contribution is 6.30. The van der Waals surface area contributed by atoms with Gasteiger partial charge in [-0.25, -0.2) is 0 Å². The van der Waals surface area contributed by atoms with Crippen molar-refractivity contribution < 1.29 is 0 Å². The normalized spacial score (nSPS) is 21.8. The van der Waals surface area contributed by atoms with Gasteiger partial charge in [-0.3, -0.25) is 4.98 Å². The summed E-state index contributed by atoms with van der Waals surface area (Å²) in [5, 5.41) is 4.37. The van der Waals surface area contributed by atoms with E-state index in [0.29, 0.717) is 12.0 Å². The Balaban J connectivity index is 1.58. The van der Waals surface area contributed by atoms with Crippen molar-refractivity contribution in [3.63, 3.8) is 0 Å². The Hall–Kier alpha value is -1.54. The van der Waals surface area contributed by atoms with Crippen molar-refractivity contribution >= 4 is 17.3 Å². The van der Waals surface area contributed by atoms with Gasteiger partial charge in [0.05, 0.1) is 5.69 Å². The number of hydrogen-bond acceptors (Lipinski definition) is 2. The third-order valence-corrected chi connectivity index (χ3v) is 3.94. The van der Waals surface area contributed by atoms with Gasteiger partial charge in [0.1, 0.15) is 0 Å². The minimum atomic E-state index is 0.549. The first-order valence-corrected chi connectivity index (χ1v) is 7.02. The monoisotopic (exact) mass is 272 g/mol. The summed E-state index contributed by atoms with van der Waals surface area (Å²) >= 11 is 6.03. The number of benzene rings is 1. The number of aryl methyl sites for hydroxylation is 1. The third kappa shape index (κ3) is 2.90. The van der Waals surface area contributed by atoms with Crippen LogP contribution in [0.5, 0.6) is 0 Å². The Morgan fingerprint density at radius 3 is 2.79 bits per heavy atom. The molecular weight excluding hydrogens is 256 g/mol. The second-order valence-corrected chi connectivity index (χ2v) is 5.75. The molecule has 0 atom stereocenters. The molecule has 19 heavy (non-hydrogen) atoms. The lowest BCUT2D eigenvalue weighted by Gasteiger charge is -2.37. The maximum Gasteiger partial charge on any atom is 0.0531 e. The van der Waals surface area contributed by atoms with E-state index in [4.69, 9.17) is 11.6 Å². The number of hydrogen-bond donors (Lipinski definition) is 1. The van der Waals surface area contributed by atoms with Gasteiger partial charge in [-0.1, -0.05) is 23.7 Å². The highest BCUT2D eigenvalue weighted by atomic mass is 35.5. The van der Waals surface area contributed by atoms with E-state index in [2.05, 4.69) is 35.4 Å². The molecule has 0 unspecified atom stereocenters. The molecule has 1 saturated carbocycles. The predicted octanol–water partition coefficient (Wildman–Crippen LogP) is 4.40. The zero-order valence-electron chi connectivity index (χ0n) is 10.9. The summed E-state index contributed by atoms with van der Waals surface area (Å²) in [7, 11) is 0. The summed E-state index contributed by atoms with van der Waals surface area (Å²) in [6.07, 6.45) is 6.09. The highest BCUT2D eigenvalue weighted by Gasteiger charge is 2.30. The minimum absolute atomic E-state index is 0.549. The molecule has 1 aliphatic carbocycles. The van der Waals surface area contributed by atoms with Gasteiger partial charge < -0.3 is 5.32 Å². The molecule has 1 heterocycles. The topological polar surface area (TPSA) is 24.9 Å². The molecule has 0 bridgehead atoms. The zero-order valence-corrected chi connectivity index (χ0v) is 11.7. The fourth-order valence-electron chi connectivity index (χ4n) is 2.64. The van der Waals surface area contributed by atoms with Crippen molar-refractivity contribution in [2.24, 2.45) is 0 Å². The maximum atomic E-state index is 6.03. The summed E-state index contributed by atoms with van der Waals surface area (Å²) in [5.74, 6) is 0.633. The fourth-order valence-corrected chi connectivity index (χ4v) is 2.84. The summed E-state index contributed by atoms with van der Waals surface area (Å²) in [4.78, 5) is 4.20. The summed E-state index contributed by atoms with van der Waals surface area (Å²) in [5.41, 5.74) is 3.66. The van der Waals surface area contributed by atoms with Gasteiger partial charge in [0.15, 0.2) is 0 Å². The highest BCUT2D eigenvalue weighted by Crippen LogP contribution is 2.39. The molecule has 0 spiro atoms. The average molecular weight is 273 g/mol. The van der Waals surface area contributed by atoms with Crippen LogP contribution in [0.25, 0.3) is 0 Å². The van der Waals surface area contributed by atoms with Crippen LogP contribution >= 0.6 is 11.6 Å². The van der Waals surface area contributed by atoms with Crippen molar-refractivity contribution in [2.75, 3.05) is 5.32 Å². The van der Waals surface area contributed by atoms with Crippen LogP contribution in [0.2, 0.25) is 5.02 Å². The van der Waals surface area contributed by atoms with E-state index in [-0.39, 0.29) is 0 Å². The first-order chi connectivity index (χ1) is 9.20. The van der Waals surface area contributed by atoms with Crippen LogP contribution in [-0.2, 0) is 0 Å². The summed E-state index contributed by atoms with van der Waals surface area (Å²) in [6, 6.07) is 10.9. The first-order valence-electron chi connectivity index (χ1n) is 6.64. The lowest BCUT2D eigenvalue weighted by Crippen LogP contribution is -2.34. The van der Waals surface area contributed by atoms with Crippen molar-refractivity contribution in [3.05, 3.63) is 58.9 Å². The van der Waals surface area contributed by atoms with E-state index >= 15 is 0 Å². The molecule has 1 fully saturated rings. The fraction of sp³-hybridized carbons (Fsp3) is 0.312. The largest absolute Gasteiger partial charge is 0.381 e.